The molecule has 0 spiro atoms. The van der Waals surface area contributed by atoms with E-state index < -0.39 is 36.5 Å². The fourth-order valence-electron chi connectivity index (χ4n) is 2.29. The average molecular weight is 259 g/mol. The van der Waals surface area contributed by atoms with Gasteiger partial charge in [0.05, 0.1) is 12.6 Å². The molecule has 0 aromatic rings. The highest BCUT2D eigenvalue weighted by Crippen LogP contribution is 2.37. The molecule has 0 aliphatic carbocycles. The van der Waals surface area contributed by atoms with E-state index in [1.165, 1.54) is 7.11 Å². The van der Waals surface area contributed by atoms with Crippen LogP contribution in [0.2, 0.25) is 0 Å². The van der Waals surface area contributed by atoms with Gasteiger partial charge in [-0.1, -0.05) is 5.11 Å². The fourth-order valence-corrected chi connectivity index (χ4v) is 2.29. The Morgan fingerprint density at radius 1 is 1.39 bits per heavy atom. The second kappa shape index (κ2) is 5.00. The molecular formula is C10H17N3O5. The van der Waals surface area contributed by atoms with Crippen molar-refractivity contribution in [1.29, 1.82) is 0 Å². The van der Waals surface area contributed by atoms with Crippen molar-refractivity contribution in [2.75, 3.05) is 13.7 Å². The second-order valence-electron chi connectivity index (χ2n) is 4.75. The molecule has 2 unspecified atom stereocenters. The lowest BCUT2D eigenvalue weighted by Crippen LogP contribution is -2.57. The lowest BCUT2D eigenvalue weighted by atomic mass is 9.99. The highest BCUT2D eigenvalue weighted by molar-refractivity contribution is 4.96. The van der Waals surface area contributed by atoms with Crippen LogP contribution in [-0.4, -0.2) is 55.3 Å². The molecule has 2 saturated heterocycles. The molecule has 5 atom stereocenters. The van der Waals surface area contributed by atoms with Crippen molar-refractivity contribution in [1.82, 2.24) is 0 Å². The Morgan fingerprint density at radius 2 is 2.06 bits per heavy atom. The Bertz CT molecular complexity index is 357. The Morgan fingerprint density at radius 3 is 2.67 bits per heavy atom. The zero-order valence-electron chi connectivity index (χ0n) is 10.5. The summed E-state index contributed by atoms with van der Waals surface area (Å²) in [6.07, 6.45) is -3.29. The number of methoxy groups -OCH3 is 1. The number of hydrogen-bond donors (Lipinski definition) is 1. The molecular weight excluding hydrogens is 242 g/mol. The van der Waals surface area contributed by atoms with Crippen LogP contribution in [0.25, 0.3) is 10.4 Å². The minimum Gasteiger partial charge on any atom is -0.388 e. The maximum atomic E-state index is 10.1. The van der Waals surface area contributed by atoms with Crippen LogP contribution in [0.3, 0.4) is 0 Å². The van der Waals surface area contributed by atoms with E-state index in [2.05, 4.69) is 10.0 Å². The smallest absolute Gasteiger partial charge is 0.186 e. The van der Waals surface area contributed by atoms with Crippen molar-refractivity contribution in [3.05, 3.63) is 10.4 Å². The third-order valence-corrected chi connectivity index (χ3v) is 3.02. The molecule has 1 N–H and O–H groups in total. The number of hydrogen-bond acceptors (Lipinski definition) is 6. The molecule has 0 amide bonds. The van der Waals surface area contributed by atoms with Crippen LogP contribution in [-0.2, 0) is 18.9 Å². The van der Waals surface area contributed by atoms with Crippen molar-refractivity contribution in [3.63, 3.8) is 0 Å². The zero-order valence-corrected chi connectivity index (χ0v) is 10.5. The standard InChI is InChI=1S/C10H17N3O5/c1-10(2)17-7-6(14)5(4-12-13-11)16-9(15-3)8(7)18-10/h5-9,14H,4H2,1-3H3/t5?,6-,7-,8?,9-/m0/s1. The van der Waals surface area contributed by atoms with E-state index in [-0.39, 0.29) is 6.54 Å². The predicted octanol–water partition coefficient (Wildman–Crippen LogP) is 0.549. The molecule has 0 radical (unpaired) electrons. The Hall–Kier alpha value is -0.890. The Balaban J connectivity index is 2.16. The van der Waals surface area contributed by atoms with E-state index in [9.17, 15) is 5.11 Å². The first-order valence-corrected chi connectivity index (χ1v) is 5.71. The lowest BCUT2D eigenvalue weighted by molar-refractivity contribution is -0.264. The maximum absolute atomic E-state index is 10.1. The quantitative estimate of drug-likeness (QED) is 0.452. The summed E-state index contributed by atoms with van der Waals surface area (Å²) in [7, 11) is 1.48. The summed E-state index contributed by atoms with van der Waals surface area (Å²) in [5, 5.41) is 13.6. The van der Waals surface area contributed by atoms with E-state index in [4.69, 9.17) is 24.5 Å². The number of fused-ring (bicyclic) bond motifs is 1. The Labute approximate surface area is 104 Å². The first-order valence-electron chi connectivity index (χ1n) is 5.71. The molecule has 2 aliphatic heterocycles. The van der Waals surface area contributed by atoms with Gasteiger partial charge in [-0.25, -0.2) is 0 Å². The number of aliphatic hydroxyl groups is 1. The summed E-state index contributed by atoms with van der Waals surface area (Å²) in [4.78, 5) is 2.65. The molecule has 0 saturated carbocycles. The van der Waals surface area contributed by atoms with Crippen molar-refractivity contribution >= 4 is 0 Å². The topological polar surface area (TPSA) is 106 Å². The molecule has 2 fully saturated rings. The molecule has 0 aromatic heterocycles. The summed E-state index contributed by atoms with van der Waals surface area (Å²) in [5.41, 5.74) is 8.31. The minimum absolute atomic E-state index is 0.0184. The largest absolute Gasteiger partial charge is 0.388 e. The first-order chi connectivity index (χ1) is 8.48. The van der Waals surface area contributed by atoms with Crippen LogP contribution in [0.4, 0.5) is 0 Å². The summed E-state index contributed by atoms with van der Waals surface area (Å²) in [5.74, 6) is -0.802. The van der Waals surface area contributed by atoms with Crippen molar-refractivity contribution in [3.8, 4) is 0 Å². The van der Waals surface area contributed by atoms with Crippen LogP contribution in [0.1, 0.15) is 13.8 Å². The van der Waals surface area contributed by atoms with Gasteiger partial charge in [-0.15, -0.1) is 0 Å². The average Bonchev–Trinajstić information content (AvgIpc) is 2.65. The van der Waals surface area contributed by atoms with Gasteiger partial charge in [0.1, 0.15) is 18.3 Å². The summed E-state index contributed by atoms with van der Waals surface area (Å²) >= 11 is 0. The van der Waals surface area contributed by atoms with Gasteiger partial charge in [-0.2, -0.15) is 0 Å². The van der Waals surface area contributed by atoms with Gasteiger partial charge in [0.2, 0.25) is 0 Å². The van der Waals surface area contributed by atoms with E-state index in [0.717, 1.165) is 0 Å². The first kappa shape index (κ1) is 13.5. The van der Waals surface area contributed by atoms with Gasteiger partial charge in [0, 0.05) is 12.0 Å². The monoisotopic (exact) mass is 259 g/mol. The van der Waals surface area contributed by atoms with Crippen molar-refractivity contribution in [2.45, 2.75) is 50.3 Å². The number of rotatable bonds is 3. The van der Waals surface area contributed by atoms with Gasteiger partial charge in [-0.05, 0) is 19.4 Å². The predicted molar refractivity (Wildman–Crippen MR) is 59.5 cm³/mol. The highest BCUT2D eigenvalue weighted by atomic mass is 16.8. The van der Waals surface area contributed by atoms with Gasteiger partial charge in [0.15, 0.2) is 12.1 Å². The molecule has 0 bridgehead atoms. The van der Waals surface area contributed by atoms with Gasteiger partial charge in [-0.3, -0.25) is 0 Å². The number of nitrogens with zero attached hydrogens (tertiary/aromatic N) is 3. The van der Waals surface area contributed by atoms with E-state index in [1.807, 2.05) is 0 Å². The van der Waals surface area contributed by atoms with Gasteiger partial charge < -0.3 is 24.1 Å². The number of aliphatic hydroxyl groups excluding tert-OH is 1. The van der Waals surface area contributed by atoms with E-state index in [1.54, 1.807) is 13.8 Å². The molecule has 8 nitrogen and oxygen atoms in total. The molecule has 2 aliphatic rings. The lowest BCUT2D eigenvalue weighted by Gasteiger charge is -2.38. The summed E-state index contributed by atoms with van der Waals surface area (Å²) in [6, 6.07) is 0. The summed E-state index contributed by atoms with van der Waals surface area (Å²) < 4.78 is 22.0. The second-order valence-corrected chi connectivity index (χ2v) is 4.75. The highest BCUT2D eigenvalue weighted by Gasteiger charge is 2.54. The molecule has 18 heavy (non-hydrogen) atoms. The molecule has 8 heteroatoms. The van der Waals surface area contributed by atoms with Crippen LogP contribution in [0, 0.1) is 0 Å². The molecule has 2 rings (SSSR count). The Kier molecular flexibility index (Phi) is 3.76. The van der Waals surface area contributed by atoms with Gasteiger partial charge >= 0.3 is 0 Å². The minimum atomic E-state index is -0.923. The van der Waals surface area contributed by atoms with Crippen LogP contribution in [0.5, 0.6) is 0 Å². The third-order valence-electron chi connectivity index (χ3n) is 3.02. The number of azide groups is 1. The zero-order chi connectivity index (χ0) is 13.3. The fraction of sp³-hybridized carbons (Fsp3) is 1.00. The normalized spacial score (nSPS) is 42.1. The molecule has 0 aromatic carbocycles. The van der Waals surface area contributed by atoms with Gasteiger partial charge in [0.25, 0.3) is 0 Å². The maximum Gasteiger partial charge on any atom is 0.186 e. The van der Waals surface area contributed by atoms with E-state index in [0.29, 0.717) is 0 Å². The third kappa shape index (κ3) is 2.44. The van der Waals surface area contributed by atoms with E-state index >= 15 is 0 Å². The van der Waals surface area contributed by atoms with Crippen LogP contribution in [0.15, 0.2) is 5.11 Å². The van der Waals surface area contributed by atoms with Crippen LogP contribution < -0.4 is 0 Å². The van der Waals surface area contributed by atoms with Crippen molar-refractivity contribution < 1.29 is 24.1 Å². The van der Waals surface area contributed by atoms with Crippen LogP contribution >= 0.6 is 0 Å². The summed E-state index contributed by atoms with van der Waals surface area (Å²) in [6.45, 7) is 3.53. The SMILES string of the molecule is CO[C@H]1OC(CN=[N+]=[N-])[C@H](O)[C@@H]2OC(C)(C)OC12. The van der Waals surface area contributed by atoms with Crippen molar-refractivity contribution in [2.24, 2.45) is 5.11 Å². The number of ether oxygens (including phenoxy) is 4. The molecule has 102 valence electrons. The molecule has 2 heterocycles.